The van der Waals surface area contributed by atoms with Crippen LogP contribution in [0.5, 0.6) is 0 Å². The van der Waals surface area contributed by atoms with Crippen LogP contribution in [0.1, 0.15) is 11.8 Å². The number of nitro groups is 1. The average Bonchev–Trinajstić information content (AvgIpc) is 2.51. The maximum Gasteiger partial charge on any atom is 0.342 e. The summed E-state index contributed by atoms with van der Waals surface area (Å²) in [5.74, 6) is -0.252. The van der Waals surface area contributed by atoms with Gasteiger partial charge in [0, 0.05) is 6.54 Å². The van der Waals surface area contributed by atoms with Crippen LogP contribution in [0.4, 0.5) is 5.82 Å². The topological polar surface area (TPSA) is 118 Å². The smallest absolute Gasteiger partial charge is 0.342 e. The zero-order valence-corrected chi connectivity index (χ0v) is 6.10. The Morgan fingerprint density at radius 2 is 2.58 bits per heavy atom. The molecule has 0 bridgehead atoms. The van der Waals surface area contributed by atoms with Gasteiger partial charge < -0.3 is 21.0 Å². The van der Waals surface area contributed by atoms with E-state index in [2.05, 4.69) is 10.2 Å². The van der Waals surface area contributed by atoms with Crippen molar-refractivity contribution in [2.45, 2.75) is 6.10 Å². The molecule has 0 aliphatic heterocycles. The standard InChI is InChI=1S/C5H8N4O3/c6-2-4(10)3-1-5(8-7-3)9(11)12/h1,4,10H,2,6H2,(H,7,8)/t4-/m0/s1. The number of aromatic nitrogens is 2. The first kappa shape index (κ1) is 8.62. The van der Waals surface area contributed by atoms with Crippen LogP contribution in [0.3, 0.4) is 0 Å². The number of hydrogen-bond acceptors (Lipinski definition) is 5. The molecular weight excluding hydrogens is 164 g/mol. The number of hydrogen-bond donors (Lipinski definition) is 3. The molecule has 1 atom stereocenters. The van der Waals surface area contributed by atoms with Crippen molar-refractivity contribution < 1.29 is 10.0 Å². The number of nitrogens with two attached hydrogens (primary N) is 1. The normalized spacial score (nSPS) is 12.8. The average molecular weight is 172 g/mol. The molecule has 12 heavy (non-hydrogen) atoms. The van der Waals surface area contributed by atoms with Gasteiger partial charge in [-0.3, -0.25) is 0 Å². The highest BCUT2D eigenvalue weighted by atomic mass is 16.6. The highest BCUT2D eigenvalue weighted by molar-refractivity contribution is 5.22. The lowest BCUT2D eigenvalue weighted by Gasteiger charge is -1.98. The number of nitrogens with one attached hydrogen (secondary N) is 1. The molecule has 1 aromatic heterocycles. The molecule has 0 unspecified atom stereocenters. The Kier molecular flexibility index (Phi) is 2.36. The lowest BCUT2D eigenvalue weighted by molar-refractivity contribution is -0.389. The zero-order valence-electron chi connectivity index (χ0n) is 6.10. The highest BCUT2D eigenvalue weighted by Gasteiger charge is 2.15. The van der Waals surface area contributed by atoms with E-state index in [0.717, 1.165) is 6.07 Å². The molecule has 1 aromatic rings. The molecule has 4 N–H and O–H groups in total. The highest BCUT2D eigenvalue weighted by Crippen LogP contribution is 2.13. The molecule has 7 nitrogen and oxygen atoms in total. The number of nitrogens with zero attached hydrogens (tertiary/aromatic N) is 2. The fraction of sp³-hybridized carbons (Fsp3) is 0.400. The third-order valence-electron chi connectivity index (χ3n) is 1.35. The lowest BCUT2D eigenvalue weighted by atomic mass is 10.2. The number of H-pyrrole nitrogens is 1. The quantitative estimate of drug-likeness (QED) is 0.412. The van der Waals surface area contributed by atoms with Crippen LogP contribution in [-0.4, -0.2) is 26.8 Å². The van der Waals surface area contributed by atoms with Crippen molar-refractivity contribution in [2.24, 2.45) is 5.73 Å². The van der Waals surface area contributed by atoms with Crippen LogP contribution < -0.4 is 5.73 Å². The number of aliphatic hydroxyl groups excluding tert-OH is 1. The first-order valence-electron chi connectivity index (χ1n) is 3.23. The molecular formula is C5H8N4O3. The van der Waals surface area contributed by atoms with Gasteiger partial charge in [-0.1, -0.05) is 5.10 Å². The molecule has 0 aliphatic carbocycles. The van der Waals surface area contributed by atoms with Crippen molar-refractivity contribution in [2.75, 3.05) is 6.54 Å². The summed E-state index contributed by atoms with van der Waals surface area (Å²) >= 11 is 0. The number of rotatable bonds is 3. The molecule has 0 fully saturated rings. The van der Waals surface area contributed by atoms with Gasteiger partial charge in [-0.2, -0.15) is 0 Å². The Morgan fingerprint density at radius 1 is 1.92 bits per heavy atom. The molecule has 1 heterocycles. The van der Waals surface area contributed by atoms with Crippen molar-refractivity contribution in [1.82, 2.24) is 10.2 Å². The van der Waals surface area contributed by atoms with Gasteiger partial charge in [-0.15, -0.1) is 5.10 Å². The minimum Gasteiger partial charge on any atom is -0.385 e. The van der Waals surface area contributed by atoms with Crippen LogP contribution in [0.2, 0.25) is 0 Å². The molecule has 0 amide bonds. The molecule has 66 valence electrons. The zero-order chi connectivity index (χ0) is 9.14. The molecule has 0 radical (unpaired) electrons. The van der Waals surface area contributed by atoms with E-state index in [4.69, 9.17) is 10.8 Å². The summed E-state index contributed by atoms with van der Waals surface area (Å²) in [6, 6.07) is 1.15. The van der Waals surface area contributed by atoms with Crippen molar-refractivity contribution in [3.63, 3.8) is 0 Å². The largest absolute Gasteiger partial charge is 0.385 e. The Morgan fingerprint density at radius 3 is 3.00 bits per heavy atom. The van der Waals surface area contributed by atoms with Gasteiger partial charge in [-0.25, -0.2) is 0 Å². The lowest BCUT2D eigenvalue weighted by Crippen LogP contribution is -2.11. The fourth-order valence-corrected chi connectivity index (χ4v) is 0.711. The molecule has 1 rings (SSSR count). The van der Waals surface area contributed by atoms with E-state index >= 15 is 0 Å². The van der Waals surface area contributed by atoms with E-state index < -0.39 is 11.0 Å². The van der Waals surface area contributed by atoms with Gasteiger partial charge in [0.1, 0.15) is 11.8 Å². The SMILES string of the molecule is NC[C@H](O)c1cc([N+](=O)[O-])[nH]n1. The van der Waals surface area contributed by atoms with Crippen LogP contribution in [0.15, 0.2) is 6.07 Å². The van der Waals surface area contributed by atoms with Crippen LogP contribution >= 0.6 is 0 Å². The predicted molar refractivity (Wildman–Crippen MR) is 39.3 cm³/mol. The van der Waals surface area contributed by atoms with Gasteiger partial charge in [0.25, 0.3) is 0 Å². The van der Waals surface area contributed by atoms with E-state index in [1.807, 2.05) is 0 Å². The first-order chi connectivity index (χ1) is 5.65. The van der Waals surface area contributed by atoms with Crippen LogP contribution in [0.25, 0.3) is 0 Å². The van der Waals surface area contributed by atoms with Crippen molar-refractivity contribution in [3.05, 3.63) is 21.9 Å². The Balaban J connectivity index is 2.84. The third kappa shape index (κ3) is 1.57. The fourth-order valence-electron chi connectivity index (χ4n) is 0.711. The maximum atomic E-state index is 10.1. The third-order valence-corrected chi connectivity index (χ3v) is 1.35. The Hall–Kier alpha value is -1.47. The maximum absolute atomic E-state index is 10.1. The first-order valence-corrected chi connectivity index (χ1v) is 3.23. The summed E-state index contributed by atoms with van der Waals surface area (Å²) in [6.07, 6.45) is -0.949. The van der Waals surface area contributed by atoms with Gasteiger partial charge in [0.2, 0.25) is 0 Å². The van der Waals surface area contributed by atoms with Gasteiger partial charge >= 0.3 is 5.82 Å². The van der Waals surface area contributed by atoms with E-state index in [1.54, 1.807) is 0 Å². The van der Waals surface area contributed by atoms with Gasteiger partial charge in [0.05, 0.1) is 6.07 Å². The summed E-state index contributed by atoms with van der Waals surface area (Å²) in [5, 5.41) is 24.9. The van der Waals surface area contributed by atoms with E-state index in [0.29, 0.717) is 0 Å². The van der Waals surface area contributed by atoms with E-state index in [-0.39, 0.29) is 18.1 Å². The second-order valence-electron chi connectivity index (χ2n) is 2.19. The molecule has 0 saturated heterocycles. The summed E-state index contributed by atoms with van der Waals surface area (Å²) in [4.78, 5) is 9.52. The Labute approximate surface area is 67.3 Å². The van der Waals surface area contributed by atoms with Crippen LogP contribution in [-0.2, 0) is 0 Å². The predicted octanol–water partition coefficient (Wildman–Crippen LogP) is -0.690. The molecule has 0 aromatic carbocycles. The summed E-state index contributed by atoms with van der Waals surface area (Å²) < 4.78 is 0. The van der Waals surface area contributed by atoms with Crippen molar-refractivity contribution in [1.29, 1.82) is 0 Å². The second kappa shape index (κ2) is 3.28. The molecule has 7 heteroatoms. The second-order valence-corrected chi connectivity index (χ2v) is 2.19. The molecule has 0 aliphatic rings. The molecule has 0 saturated carbocycles. The van der Waals surface area contributed by atoms with Crippen molar-refractivity contribution >= 4 is 5.82 Å². The van der Waals surface area contributed by atoms with E-state index in [9.17, 15) is 10.1 Å². The van der Waals surface area contributed by atoms with Crippen LogP contribution in [0, 0.1) is 10.1 Å². The number of aromatic amines is 1. The summed E-state index contributed by atoms with van der Waals surface area (Å²) in [7, 11) is 0. The monoisotopic (exact) mass is 172 g/mol. The summed E-state index contributed by atoms with van der Waals surface area (Å²) in [6.45, 7) is -0.0119. The van der Waals surface area contributed by atoms with Gasteiger partial charge in [-0.05, 0) is 4.92 Å². The minimum absolute atomic E-state index is 0.0119. The molecule has 0 spiro atoms. The van der Waals surface area contributed by atoms with Crippen molar-refractivity contribution in [3.8, 4) is 0 Å². The van der Waals surface area contributed by atoms with E-state index in [1.165, 1.54) is 0 Å². The number of aliphatic hydroxyl groups is 1. The Bertz CT molecular complexity index is 284. The summed E-state index contributed by atoms with van der Waals surface area (Å²) in [5.41, 5.74) is 5.30. The minimum atomic E-state index is -0.949. The van der Waals surface area contributed by atoms with Gasteiger partial charge in [0.15, 0.2) is 0 Å².